The highest BCUT2D eigenvalue weighted by molar-refractivity contribution is 6.46. The molecule has 2 N–H and O–H groups in total. The van der Waals surface area contributed by atoms with Gasteiger partial charge in [0.25, 0.3) is 0 Å². The minimum Gasteiger partial charge on any atom is -0.355 e. The first kappa shape index (κ1) is 15.6. The fourth-order valence-electron chi connectivity index (χ4n) is 2.08. The molecular weight excluding hydrogens is 309 g/mol. The number of amidine groups is 1. The molecule has 1 aliphatic heterocycles. The normalized spacial score (nSPS) is 15.5. The number of rotatable bonds is 3. The van der Waals surface area contributed by atoms with Crippen molar-refractivity contribution in [1.82, 2.24) is 4.90 Å². The van der Waals surface area contributed by atoms with Gasteiger partial charge in [0.2, 0.25) is 5.71 Å². The van der Waals surface area contributed by atoms with Crippen molar-refractivity contribution in [2.45, 2.75) is 19.3 Å². The number of nitriles is 1. The Kier molecular flexibility index (Phi) is 5.43. The molecule has 5 nitrogen and oxygen atoms in total. The highest BCUT2D eigenvalue weighted by Crippen LogP contribution is 2.25. The van der Waals surface area contributed by atoms with Crippen molar-refractivity contribution in [3.63, 3.8) is 0 Å². The van der Waals surface area contributed by atoms with Gasteiger partial charge < -0.3 is 4.90 Å². The summed E-state index contributed by atoms with van der Waals surface area (Å²) in [7, 11) is 0. The number of likely N-dealkylation sites (tertiary alicyclic amines) is 1. The van der Waals surface area contributed by atoms with Gasteiger partial charge in [-0.15, -0.1) is 0 Å². The van der Waals surface area contributed by atoms with Crippen LogP contribution >= 0.6 is 23.2 Å². The van der Waals surface area contributed by atoms with E-state index in [-0.39, 0.29) is 11.5 Å². The Hall–Kier alpha value is -1.77. The van der Waals surface area contributed by atoms with E-state index >= 15 is 0 Å². The summed E-state index contributed by atoms with van der Waals surface area (Å²) in [5.41, 5.74) is 3.41. The molecular formula is C14H15Cl2N5. The van der Waals surface area contributed by atoms with Crippen LogP contribution in [0.2, 0.25) is 10.0 Å². The largest absolute Gasteiger partial charge is 0.355 e. The first-order valence-electron chi connectivity index (χ1n) is 6.64. The van der Waals surface area contributed by atoms with Crippen LogP contribution in [0.1, 0.15) is 19.3 Å². The van der Waals surface area contributed by atoms with Gasteiger partial charge in [-0.25, -0.2) is 0 Å². The maximum atomic E-state index is 9.17. The lowest BCUT2D eigenvalue weighted by molar-refractivity contribution is 0.344. The third-order valence-electron chi connectivity index (χ3n) is 3.22. The number of hydrogen-bond donors (Lipinski definition) is 2. The van der Waals surface area contributed by atoms with Gasteiger partial charge in [0.05, 0.1) is 15.7 Å². The molecule has 1 aromatic carbocycles. The van der Waals surface area contributed by atoms with Gasteiger partial charge in [0.1, 0.15) is 6.07 Å². The second kappa shape index (κ2) is 7.30. The smallest absolute Gasteiger partial charge is 0.202 e. The Morgan fingerprint density at radius 2 is 1.95 bits per heavy atom. The molecule has 21 heavy (non-hydrogen) atoms. The Labute approximate surface area is 133 Å². The summed E-state index contributed by atoms with van der Waals surface area (Å²) in [6.45, 7) is 1.60. The van der Waals surface area contributed by atoms with Crippen LogP contribution in [-0.2, 0) is 0 Å². The van der Waals surface area contributed by atoms with E-state index in [1.807, 2.05) is 11.0 Å². The molecule has 0 spiro atoms. The van der Waals surface area contributed by atoms with Crippen molar-refractivity contribution in [2.24, 2.45) is 5.10 Å². The molecule has 7 heteroatoms. The van der Waals surface area contributed by atoms with Crippen LogP contribution in [0.4, 0.5) is 5.69 Å². The van der Waals surface area contributed by atoms with E-state index in [0.29, 0.717) is 15.7 Å². The topological polar surface area (TPSA) is 75.3 Å². The van der Waals surface area contributed by atoms with Crippen LogP contribution in [0.15, 0.2) is 23.3 Å². The fraction of sp³-hybridized carbons (Fsp3) is 0.357. The monoisotopic (exact) mass is 323 g/mol. The standard InChI is InChI=1S/C14H15Cl2N5/c15-11-5-4-10(8-12(11)16)19-20-13(9-17)14(18)21-6-2-1-3-7-21/h4-5,8,18-19H,1-3,6-7H2. The summed E-state index contributed by atoms with van der Waals surface area (Å²) in [6.07, 6.45) is 3.26. The van der Waals surface area contributed by atoms with Gasteiger partial charge in [0, 0.05) is 13.1 Å². The Bertz CT molecular complexity index is 600. The molecule has 0 unspecified atom stereocenters. The van der Waals surface area contributed by atoms with Crippen LogP contribution in [0, 0.1) is 16.7 Å². The molecule has 0 radical (unpaired) electrons. The van der Waals surface area contributed by atoms with Gasteiger partial charge in [-0.05, 0) is 37.5 Å². The first-order chi connectivity index (χ1) is 10.1. The van der Waals surface area contributed by atoms with E-state index in [1.165, 1.54) is 6.42 Å². The van der Waals surface area contributed by atoms with Gasteiger partial charge in [-0.3, -0.25) is 10.8 Å². The van der Waals surface area contributed by atoms with Crippen molar-refractivity contribution < 1.29 is 0 Å². The highest BCUT2D eigenvalue weighted by atomic mass is 35.5. The SMILES string of the molecule is N#CC(=NNc1ccc(Cl)c(Cl)c1)C(=N)N1CCCCC1. The number of halogens is 2. The summed E-state index contributed by atoms with van der Waals surface area (Å²) in [4.78, 5) is 1.88. The average Bonchev–Trinajstić information content (AvgIpc) is 2.52. The summed E-state index contributed by atoms with van der Waals surface area (Å²) in [5.74, 6) is 0.157. The molecule has 1 saturated heterocycles. The number of hydrogen-bond acceptors (Lipinski definition) is 4. The Morgan fingerprint density at radius 3 is 2.57 bits per heavy atom. The van der Waals surface area contributed by atoms with Crippen molar-refractivity contribution >= 4 is 40.4 Å². The number of anilines is 1. The van der Waals surface area contributed by atoms with E-state index in [9.17, 15) is 0 Å². The molecule has 0 aromatic heterocycles. The second-order valence-electron chi connectivity index (χ2n) is 4.71. The summed E-state index contributed by atoms with van der Waals surface area (Å²) >= 11 is 11.7. The van der Waals surface area contributed by atoms with E-state index in [1.54, 1.807) is 18.2 Å². The van der Waals surface area contributed by atoms with Crippen LogP contribution in [0.3, 0.4) is 0 Å². The lowest BCUT2D eigenvalue weighted by atomic mass is 10.1. The third-order valence-corrected chi connectivity index (χ3v) is 3.96. The summed E-state index contributed by atoms with van der Waals surface area (Å²) < 4.78 is 0. The van der Waals surface area contributed by atoms with Crippen LogP contribution in [-0.4, -0.2) is 29.5 Å². The van der Waals surface area contributed by atoms with Gasteiger partial charge >= 0.3 is 0 Å². The van der Waals surface area contributed by atoms with E-state index in [4.69, 9.17) is 33.9 Å². The Balaban J connectivity index is 2.07. The molecule has 1 aliphatic rings. The number of nitrogens with zero attached hydrogens (tertiary/aromatic N) is 3. The molecule has 1 fully saturated rings. The lowest BCUT2D eigenvalue weighted by Gasteiger charge is -2.27. The van der Waals surface area contributed by atoms with Gasteiger partial charge in [-0.2, -0.15) is 10.4 Å². The predicted octanol–water partition coefficient (Wildman–Crippen LogP) is 3.75. The highest BCUT2D eigenvalue weighted by Gasteiger charge is 2.18. The molecule has 110 valence electrons. The maximum Gasteiger partial charge on any atom is 0.202 e. The van der Waals surface area contributed by atoms with Gasteiger partial charge in [0.15, 0.2) is 5.84 Å². The second-order valence-corrected chi connectivity index (χ2v) is 5.52. The zero-order valence-electron chi connectivity index (χ0n) is 11.4. The summed E-state index contributed by atoms with van der Waals surface area (Å²) in [6, 6.07) is 6.92. The maximum absolute atomic E-state index is 9.17. The molecule has 1 aromatic rings. The van der Waals surface area contributed by atoms with Crippen molar-refractivity contribution in [2.75, 3.05) is 18.5 Å². The van der Waals surface area contributed by atoms with Crippen molar-refractivity contribution in [3.8, 4) is 6.07 Å². The van der Waals surface area contributed by atoms with Crippen LogP contribution in [0.5, 0.6) is 0 Å². The number of piperidine rings is 1. The Morgan fingerprint density at radius 1 is 1.24 bits per heavy atom. The molecule has 0 amide bonds. The van der Waals surface area contributed by atoms with Crippen LogP contribution < -0.4 is 5.43 Å². The van der Waals surface area contributed by atoms with Crippen molar-refractivity contribution in [1.29, 1.82) is 10.7 Å². The van der Waals surface area contributed by atoms with Gasteiger partial charge in [-0.1, -0.05) is 23.2 Å². The van der Waals surface area contributed by atoms with Crippen LogP contribution in [0.25, 0.3) is 0 Å². The minimum atomic E-state index is 0.0583. The molecule has 0 aliphatic carbocycles. The quantitative estimate of drug-likeness (QED) is 0.505. The number of benzene rings is 1. The summed E-state index contributed by atoms with van der Waals surface area (Å²) in [5, 5.41) is 22.1. The predicted molar refractivity (Wildman–Crippen MR) is 86.3 cm³/mol. The average molecular weight is 324 g/mol. The zero-order valence-corrected chi connectivity index (χ0v) is 12.9. The molecule has 0 saturated carbocycles. The van der Waals surface area contributed by atoms with E-state index in [0.717, 1.165) is 25.9 Å². The lowest BCUT2D eigenvalue weighted by Crippen LogP contribution is -2.39. The number of nitrogens with one attached hydrogen (secondary N) is 2. The molecule has 0 atom stereocenters. The van der Waals surface area contributed by atoms with Crippen molar-refractivity contribution in [3.05, 3.63) is 28.2 Å². The minimum absolute atomic E-state index is 0.0583. The first-order valence-corrected chi connectivity index (χ1v) is 7.40. The van der Waals surface area contributed by atoms with E-state index < -0.39 is 0 Å². The van der Waals surface area contributed by atoms with E-state index in [2.05, 4.69) is 10.5 Å². The number of hydrazone groups is 1. The zero-order chi connectivity index (χ0) is 15.2. The molecule has 2 rings (SSSR count). The molecule has 0 bridgehead atoms. The third kappa shape index (κ3) is 4.10. The molecule has 1 heterocycles. The fourth-order valence-corrected chi connectivity index (χ4v) is 2.38.